The largest absolute Gasteiger partial charge is 0.387 e. The number of aryl methyl sites for hydroxylation is 1. The fourth-order valence-electron chi connectivity index (χ4n) is 15.6. The predicted octanol–water partition coefficient (Wildman–Crippen LogP) is 9.96. The highest BCUT2D eigenvalue weighted by Crippen LogP contribution is 2.49. The molecular formula is C76H90N5O7+. The van der Waals surface area contributed by atoms with Crippen LogP contribution in [0.5, 0.6) is 0 Å². The summed E-state index contributed by atoms with van der Waals surface area (Å²) in [4.78, 5) is 73.6. The van der Waals surface area contributed by atoms with Crippen molar-refractivity contribution in [3.63, 3.8) is 0 Å². The molecule has 2 unspecified atom stereocenters. The van der Waals surface area contributed by atoms with Gasteiger partial charge < -0.3 is 29.9 Å². The molecule has 1 saturated carbocycles. The first kappa shape index (κ1) is 62.2. The second-order valence-electron chi connectivity index (χ2n) is 27.4. The molecule has 2 atom stereocenters. The van der Waals surface area contributed by atoms with Crippen LogP contribution in [0.2, 0.25) is 0 Å². The monoisotopic (exact) mass is 1180 g/mol. The third-order valence-electron chi connectivity index (χ3n) is 19.7. The number of hydrogen-bond donors (Lipinski definition) is 2. The van der Waals surface area contributed by atoms with Gasteiger partial charge in [-0.15, -0.1) is 0 Å². The van der Waals surface area contributed by atoms with Crippen molar-refractivity contribution >= 4 is 40.4 Å². The number of nitrogens with zero attached hydrogens (tertiary/aromatic N) is 3. The number of ether oxygens (including phenoxy) is 2. The molecule has 5 aromatic rings. The van der Waals surface area contributed by atoms with Gasteiger partial charge in [0.15, 0.2) is 17.1 Å². The molecule has 3 aliphatic carbocycles. The SMILES string of the molecule is CC[N+]1=c2cc3c(cc2C(C)CC1(C)C)=C(c1ccccc1C(=O)N(C)CCCC(=O)NCCOCCOCCC(NCCC(=O)C1Cc2ccccc2C#Cc2ccccc21)=C1C(=O)CC(C)(C)CC1=O)c1cc2c4c(c1C3(C)C)CCCN4CCC2. The maximum atomic E-state index is 14.9. The number of anilines is 1. The molecule has 12 nitrogen and oxygen atoms in total. The van der Waals surface area contributed by atoms with E-state index < -0.39 is 11.3 Å². The summed E-state index contributed by atoms with van der Waals surface area (Å²) in [6.45, 7) is 23.4. The average molecular weight is 1190 g/mol. The zero-order valence-corrected chi connectivity index (χ0v) is 53.6. The van der Waals surface area contributed by atoms with Gasteiger partial charge in [-0.05, 0) is 156 Å². The molecule has 88 heavy (non-hydrogen) atoms. The van der Waals surface area contributed by atoms with Crippen molar-refractivity contribution in [1.82, 2.24) is 20.1 Å². The molecule has 460 valence electrons. The predicted molar refractivity (Wildman–Crippen MR) is 349 cm³/mol. The summed E-state index contributed by atoms with van der Waals surface area (Å²) < 4.78 is 14.4. The Bertz CT molecular complexity index is 3810. The van der Waals surface area contributed by atoms with E-state index in [1.165, 1.54) is 49.6 Å². The van der Waals surface area contributed by atoms with Gasteiger partial charge in [0.25, 0.3) is 5.91 Å². The fraction of sp³-hybridized carbons (Fsp3) is 0.474. The smallest absolute Gasteiger partial charge is 0.254 e. The number of Topliss-reactive ketones (excluding diaryl/α,β-unsaturated/α-hetero) is 3. The van der Waals surface area contributed by atoms with Gasteiger partial charge in [-0.2, -0.15) is 0 Å². The lowest BCUT2D eigenvalue weighted by Gasteiger charge is -2.44. The Hall–Kier alpha value is -7.46. The molecular weight excluding hydrogens is 1090 g/mol. The number of benzene rings is 5. The second kappa shape index (κ2) is 25.9. The highest BCUT2D eigenvalue weighted by molar-refractivity contribution is 6.22. The maximum absolute atomic E-state index is 14.9. The van der Waals surface area contributed by atoms with E-state index in [-0.39, 0.29) is 97.7 Å². The topological polar surface area (TPSA) is 137 Å². The van der Waals surface area contributed by atoms with Crippen molar-refractivity contribution in [3.8, 4) is 11.8 Å². The van der Waals surface area contributed by atoms with Crippen molar-refractivity contribution < 1.29 is 33.4 Å². The van der Waals surface area contributed by atoms with Crippen LogP contribution >= 0.6 is 0 Å². The van der Waals surface area contributed by atoms with Crippen molar-refractivity contribution in [2.45, 2.75) is 155 Å². The van der Waals surface area contributed by atoms with Gasteiger partial charge >= 0.3 is 0 Å². The van der Waals surface area contributed by atoms with Gasteiger partial charge in [-0.25, -0.2) is 4.58 Å². The summed E-state index contributed by atoms with van der Waals surface area (Å²) in [6, 6.07) is 31.5. The van der Waals surface area contributed by atoms with Crippen LogP contribution in [-0.4, -0.2) is 112 Å². The first-order valence-electron chi connectivity index (χ1n) is 32.6. The third-order valence-corrected chi connectivity index (χ3v) is 19.7. The normalized spacial score (nSPS) is 19.1. The van der Waals surface area contributed by atoms with Gasteiger partial charge in [0.05, 0.1) is 32.0 Å². The third kappa shape index (κ3) is 12.6. The van der Waals surface area contributed by atoms with Crippen molar-refractivity contribution in [2.75, 3.05) is 77.6 Å². The van der Waals surface area contributed by atoms with E-state index in [1.54, 1.807) is 4.90 Å². The summed E-state index contributed by atoms with van der Waals surface area (Å²) >= 11 is 0. The van der Waals surface area contributed by atoms with Crippen LogP contribution in [-0.2, 0) is 53.3 Å². The number of carbonyl (C=O) groups is 5. The average Bonchev–Trinajstić information content (AvgIpc) is 0.700. The second-order valence-corrected chi connectivity index (χ2v) is 27.4. The minimum Gasteiger partial charge on any atom is -0.387 e. The molecule has 11 rings (SSSR count). The molecule has 0 radical (unpaired) electrons. The lowest BCUT2D eigenvalue weighted by atomic mass is 9.64. The summed E-state index contributed by atoms with van der Waals surface area (Å²) in [5.74, 6) is 6.05. The molecule has 3 heterocycles. The van der Waals surface area contributed by atoms with Crippen LogP contribution in [0, 0.1) is 17.3 Å². The van der Waals surface area contributed by atoms with Crippen LogP contribution in [0.4, 0.5) is 5.69 Å². The Morgan fingerprint density at radius 3 is 2.20 bits per heavy atom. The van der Waals surface area contributed by atoms with Crippen LogP contribution in [0.25, 0.3) is 5.57 Å². The standard InChI is InChI=1S/C76H89N5O7/c1-10-81-64-45-62-60(44-58(64)49(2)46-75(81,5)6)69(61-43-53-23-17-36-80-37-18-27-57(72(53)80)71(61)76(62,7)8)55-25-15-16-26-56(55)73(86)79(9)35-19-28-68(85)78-34-39-88-41-40-87-38-32-63(70-66(83)47-74(3,4)48-67(70)84)77-33-31-65(82)59-42-52-22-12-11-20-50(52)29-30-51-21-13-14-24-54(51)59/h11-16,20-22,24-26,43-45,49,59H,10,17-19,23,27-28,31-42,46-48H2,1-9H3,(H-,77,78,83,84,85)/p+1. The van der Waals surface area contributed by atoms with Crippen LogP contribution in [0.3, 0.4) is 0 Å². The minimum atomic E-state index is -0.426. The van der Waals surface area contributed by atoms with E-state index in [0.717, 1.165) is 85.1 Å². The lowest BCUT2D eigenvalue weighted by Crippen LogP contribution is -2.53. The van der Waals surface area contributed by atoms with Gasteiger partial charge in [0, 0.05) is 129 Å². The van der Waals surface area contributed by atoms with E-state index in [1.807, 2.05) is 81.6 Å². The van der Waals surface area contributed by atoms with Gasteiger partial charge in [-0.1, -0.05) is 101 Å². The van der Waals surface area contributed by atoms with Gasteiger partial charge in [0.1, 0.15) is 12.3 Å². The number of hydrogen-bond acceptors (Lipinski definition) is 9. The molecule has 5 aromatic carbocycles. The van der Waals surface area contributed by atoms with Crippen LogP contribution in [0.15, 0.2) is 102 Å². The van der Waals surface area contributed by atoms with E-state index in [9.17, 15) is 24.0 Å². The quantitative estimate of drug-likeness (QED) is 0.0242. The van der Waals surface area contributed by atoms with E-state index in [2.05, 4.69) is 104 Å². The molecule has 0 bridgehead atoms. The molecule has 6 aliphatic rings. The maximum Gasteiger partial charge on any atom is 0.254 e. The number of carbonyl (C=O) groups excluding carboxylic acids is 5. The molecule has 2 N–H and O–H groups in total. The first-order chi connectivity index (χ1) is 42.3. The Labute approximate surface area is 521 Å². The number of ketones is 3. The summed E-state index contributed by atoms with van der Waals surface area (Å²) in [5.41, 5.74) is 16.3. The fourth-order valence-corrected chi connectivity index (χ4v) is 15.6. The molecule has 2 amide bonds. The van der Waals surface area contributed by atoms with Crippen molar-refractivity contribution in [2.24, 2.45) is 5.41 Å². The zero-order valence-electron chi connectivity index (χ0n) is 53.6. The van der Waals surface area contributed by atoms with E-state index in [4.69, 9.17) is 9.47 Å². The van der Waals surface area contributed by atoms with Crippen LogP contribution in [0.1, 0.15) is 197 Å². The van der Waals surface area contributed by atoms with Gasteiger partial charge in [0.2, 0.25) is 11.3 Å². The molecule has 0 spiro atoms. The number of allylic oxidation sites excluding steroid dienone is 1. The molecule has 3 aliphatic heterocycles. The van der Waals surface area contributed by atoms with E-state index in [0.29, 0.717) is 56.1 Å². The molecule has 0 aromatic heterocycles. The molecule has 0 saturated heterocycles. The highest BCUT2D eigenvalue weighted by Gasteiger charge is 2.44. The Morgan fingerprint density at radius 2 is 1.43 bits per heavy atom. The molecule has 1 fully saturated rings. The zero-order chi connectivity index (χ0) is 62.1. The van der Waals surface area contributed by atoms with E-state index >= 15 is 0 Å². The van der Waals surface area contributed by atoms with Gasteiger partial charge in [-0.3, -0.25) is 24.0 Å². The Morgan fingerprint density at radius 1 is 0.739 bits per heavy atom. The van der Waals surface area contributed by atoms with Crippen molar-refractivity contribution in [1.29, 1.82) is 0 Å². The summed E-state index contributed by atoms with van der Waals surface area (Å²) in [5, 5.41) is 8.89. The number of fused-ring (bicyclic) bond motifs is 6. The Balaban J connectivity index is 0.689. The van der Waals surface area contributed by atoms with Crippen LogP contribution < -0.4 is 30.7 Å². The number of amides is 2. The highest BCUT2D eigenvalue weighted by atomic mass is 16.5. The summed E-state index contributed by atoms with van der Waals surface area (Å²) in [7, 11) is 1.85. The minimum absolute atomic E-state index is 0.0247. The lowest BCUT2D eigenvalue weighted by molar-refractivity contribution is -0.127. The first-order valence-corrected chi connectivity index (χ1v) is 32.6. The number of rotatable bonds is 21. The van der Waals surface area contributed by atoms with Crippen molar-refractivity contribution in [3.05, 3.63) is 180 Å². The number of nitrogens with one attached hydrogen (secondary N) is 2. The Kier molecular flexibility index (Phi) is 18.3. The molecule has 12 heteroatoms. The summed E-state index contributed by atoms with van der Waals surface area (Å²) in [6.07, 6.45) is 7.76.